The third kappa shape index (κ3) is 2.83. The van der Waals surface area contributed by atoms with Gasteiger partial charge in [-0.25, -0.2) is 4.98 Å². The molecule has 1 aliphatic heterocycles. The molecule has 0 aromatic carbocycles. The van der Waals surface area contributed by atoms with Crippen molar-refractivity contribution in [3.63, 3.8) is 0 Å². The highest BCUT2D eigenvalue weighted by Crippen LogP contribution is 2.34. The van der Waals surface area contributed by atoms with E-state index in [2.05, 4.69) is 20.6 Å². The van der Waals surface area contributed by atoms with Crippen LogP contribution < -0.4 is 5.32 Å². The average Bonchev–Trinajstić information content (AvgIpc) is 3.38. The molecule has 1 unspecified atom stereocenters. The van der Waals surface area contributed by atoms with E-state index >= 15 is 0 Å². The molecule has 0 saturated carbocycles. The molecule has 0 spiro atoms. The van der Waals surface area contributed by atoms with Gasteiger partial charge in [0, 0.05) is 31.7 Å². The fraction of sp³-hybridized carbons (Fsp3) is 0.421. The molecule has 1 aliphatic rings. The molecule has 3 aromatic rings. The molecule has 1 fully saturated rings. The van der Waals surface area contributed by atoms with Crippen LogP contribution in [0.3, 0.4) is 0 Å². The van der Waals surface area contributed by atoms with Crippen molar-refractivity contribution in [2.24, 2.45) is 0 Å². The van der Waals surface area contributed by atoms with Crippen molar-refractivity contribution < 1.29 is 18.6 Å². The summed E-state index contributed by atoms with van der Waals surface area (Å²) in [6, 6.07) is 1.73. The Morgan fingerprint density at radius 3 is 2.68 bits per heavy atom. The van der Waals surface area contributed by atoms with Crippen LogP contribution in [-0.2, 0) is 0 Å². The van der Waals surface area contributed by atoms with E-state index < -0.39 is 0 Å². The summed E-state index contributed by atoms with van der Waals surface area (Å²) in [7, 11) is 1.58. The van der Waals surface area contributed by atoms with Crippen LogP contribution in [-0.4, -0.2) is 52.1 Å². The number of hydrogen-bond donors (Lipinski definition) is 1. The second-order valence-corrected chi connectivity index (χ2v) is 7.07. The molecule has 4 heterocycles. The number of likely N-dealkylation sites (tertiary alicyclic amines) is 1. The van der Waals surface area contributed by atoms with Crippen LogP contribution in [0.25, 0.3) is 11.1 Å². The van der Waals surface area contributed by atoms with Gasteiger partial charge in [-0.15, -0.1) is 0 Å². The van der Waals surface area contributed by atoms with Crippen molar-refractivity contribution >= 4 is 22.9 Å². The van der Waals surface area contributed by atoms with E-state index in [-0.39, 0.29) is 17.7 Å². The second kappa shape index (κ2) is 6.74. The summed E-state index contributed by atoms with van der Waals surface area (Å²) in [5.74, 6) is 0.145. The van der Waals surface area contributed by atoms with Crippen molar-refractivity contribution in [1.82, 2.24) is 25.5 Å². The van der Waals surface area contributed by atoms with Gasteiger partial charge in [0.1, 0.15) is 11.3 Å². The van der Waals surface area contributed by atoms with Crippen LogP contribution in [0.15, 0.2) is 15.1 Å². The Morgan fingerprint density at radius 1 is 1.21 bits per heavy atom. The summed E-state index contributed by atoms with van der Waals surface area (Å²) >= 11 is 0. The summed E-state index contributed by atoms with van der Waals surface area (Å²) in [4.78, 5) is 31.4. The number of amides is 2. The maximum absolute atomic E-state index is 12.9. The monoisotopic (exact) mass is 383 g/mol. The Morgan fingerprint density at radius 2 is 2.00 bits per heavy atom. The van der Waals surface area contributed by atoms with Crippen LogP contribution in [0, 0.1) is 20.8 Å². The minimum Gasteiger partial charge on any atom is -0.361 e. The number of hydrogen-bond acceptors (Lipinski definition) is 7. The first kappa shape index (κ1) is 18.1. The lowest BCUT2D eigenvalue weighted by Gasteiger charge is -2.16. The highest BCUT2D eigenvalue weighted by molar-refractivity contribution is 6.06. The molecule has 1 atom stereocenters. The number of rotatable bonds is 3. The van der Waals surface area contributed by atoms with Gasteiger partial charge in [0.15, 0.2) is 0 Å². The van der Waals surface area contributed by atoms with Gasteiger partial charge in [0.25, 0.3) is 17.5 Å². The number of nitrogens with one attached hydrogen (secondary N) is 1. The molecule has 0 bridgehead atoms. The lowest BCUT2D eigenvalue weighted by Crippen LogP contribution is -2.29. The van der Waals surface area contributed by atoms with Gasteiger partial charge in [-0.1, -0.05) is 10.3 Å². The SMILES string of the molecule is CNC(=O)c1cc(C)nc2onc(C3CCN(C(=O)c4c(C)noc4C)C3)c12. The molecule has 1 saturated heterocycles. The number of pyridine rings is 1. The molecule has 0 radical (unpaired) electrons. The zero-order valence-corrected chi connectivity index (χ0v) is 16.2. The van der Waals surface area contributed by atoms with Crippen LogP contribution in [0.5, 0.6) is 0 Å². The van der Waals surface area contributed by atoms with Crippen LogP contribution >= 0.6 is 0 Å². The van der Waals surface area contributed by atoms with Gasteiger partial charge in [0.2, 0.25) is 0 Å². The van der Waals surface area contributed by atoms with Gasteiger partial charge >= 0.3 is 0 Å². The third-order valence-electron chi connectivity index (χ3n) is 5.18. The predicted octanol–water partition coefficient (Wildman–Crippen LogP) is 2.13. The third-order valence-corrected chi connectivity index (χ3v) is 5.18. The molecular formula is C19H21N5O4. The van der Waals surface area contributed by atoms with E-state index in [1.165, 1.54) is 0 Å². The smallest absolute Gasteiger partial charge is 0.259 e. The molecular weight excluding hydrogens is 362 g/mol. The maximum atomic E-state index is 12.9. The van der Waals surface area contributed by atoms with E-state index in [1.807, 2.05) is 0 Å². The molecule has 9 heteroatoms. The van der Waals surface area contributed by atoms with Gasteiger partial charge in [-0.2, -0.15) is 0 Å². The second-order valence-electron chi connectivity index (χ2n) is 7.07. The summed E-state index contributed by atoms with van der Waals surface area (Å²) < 4.78 is 10.5. The zero-order valence-electron chi connectivity index (χ0n) is 16.2. The normalized spacial score (nSPS) is 16.7. The van der Waals surface area contributed by atoms with Crippen LogP contribution in [0.1, 0.15) is 55.9 Å². The van der Waals surface area contributed by atoms with Crippen molar-refractivity contribution in [3.8, 4) is 0 Å². The standard InChI is InChI=1S/C19H21N5O4/c1-9-7-13(17(25)20-4)15-16(23-28-18(15)21-9)12-5-6-24(8-12)19(26)14-10(2)22-27-11(14)3/h7,12H,5-6,8H2,1-4H3,(H,20,25). The van der Waals surface area contributed by atoms with Crippen molar-refractivity contribution in [2.75, 3.05) is 20.1 Å². The minimum atomic E-state index is -0.221. The van der Waals surface area contributed by atoms with E-state index in [9.17, 15) is 9.59 Å². The molecule has 4 rings (SSSR count). The molecule has 3 aromatic heterocycles. The van der Waals surface area contributed by atoms with Crippen molar-refractivity contribution in [2.45, 2.75) is 33.1 Å². The topological polar surface area (TPSA) is 114 Å². The van der Waals surface area contributed by atoms with Crippen LogP contribution in [0.4, 0.5) is 0 Å². The van der Waals surface area contributed by atoms with E-state index in [0.717, 1.165) is 6.42 Å². The Balaban J connectivity index is 1.67. The number of nitrogens with zero attached hydrogens (tertiary/aromatic N) is 4. The lowest BCUT2D eigenvalue weighted by atomic mass is 9.99. The first-order chi connectivity index (χ1) is 13.4. The number of aromatic nitrogens is 3. The molecule has 146 valence electrons. The minimum absolute atomic E-state index is 0.0430. The summed E-state index contributed by atoms with van der Waals surface area (Å²) in [5.41, 5.74) is 3.25. The highest BCUT2D eigenvalue weighted by atomic mass is 16.5. The molecule has 2 amide bonds. The van der Waals surface area contributed by atoms with Gasteiger partial charge in [-0.3, -0.25) is 9.59 Å². The molecule has 28 heavy (non-hydrogen) atoms. The fourth-order valence-corrected chi connectivity index (χ4v) is 3.80. The largest absolute Gasteiger partial charge is 0.361 e. The maximum Gasteiger partial charge on any atom is 0.259 e. The number of aryl methyl sites for hydroxylation is 3. The van der Waals surface area contributed by atoms with E-state index in [0.29, 0.717) is 58.2 Å². The summed E-state index contributed by atoms with van der Waals surface area (Å²) in [6.45, 7) is 6.34. The van der Waals surface area contributed by atoms with Crippen molar-refractivity contribution in [3.05, 3.63) is 40.0 Å². The Bertz CT molecular complexity index is 1060. The predicted molar refractivity (Wildman–Crippen MR) is 99.2 cm³/mol. The average molecular weight is 383 g/mol. The van der Waals surface area contributed by atoms with E-state index in [1.54, 1.807) is 38.8 Å². The van der Waals surface area contributed by atoms with Gasteiger partial charge < -0.3 is 19.3 Å². The Labute approximate surface area is 161 Å². The highest BCUT2D eigenvalue weighted by Gasteiger charge is 2.34. The van der Waals surface area contributed by atoms with Crippen LogP contribution in [0.2, 0.25) is 0 Å². The van der Waals surface area contributed by atoms with E-state index in [4.69, 9.17) is 9.05 Å². The number of fused-ring (bicyclic) bond motifs is 1. The first-order valence-corrected chi connectivity index (χ1v) is 9.11. The van der Waals surface area contributed by atoms with Gasteiger partial charge in [0.05, 0.1) is 22.3 Å². The fourth-order valence-electron chi connectivity index (χ4n) is 3.80. The lowest BCUT2D eigenvalue weighted by molar-refractivity contribution is 0.0787. The summed E-state index contributed by atoms with van der Waals surface area (Å²) in [5, 5.41) is 11.3. The molecule has 1 N–H and O–H groups in total. The number of carbonyl (C=O) groups excluding carboxylic acids is 2. The number of carbonyl (C=O) groups is 2. The molecule has 0 aliphatic carbocycles. The Kier molecular flexibility index (Phi) is 4.37. The quantitative estimate of drug-likeness (QED) is 0.737. The Hall–Kier alpha value is -3.23. The zero-order chi connectivity index (χ0) is 20.0. The molecule has 9 nitrogen and oxygen atoms in total. The summed E-state index contributed by atoms with van der Waals surface area (Å²) in [6.07, 6.45) is 0.720. The first-order valence-electron chi connectivity index (χ1n) is 9.11. The van der Waals surface area contributed by atoms with Crippen molar-refractivity contribution in [1.29, 1.82) is 0 Å². The van der Waals surface area contributed by atoms with Gasteiger partial charge in [-0.05, 0) is 33.3 Å².